The minimum atomic E-state index is -0.342. The van der Waals surface area contributed by atoms with E-state index < -0.39 is 0 Å². The summed E-state index contributed by atoms with van der Waals surface area (Å²) in [6.07, 6.45) is 0.931. The number of aliphatic hydroxyl groups is 1. The summed E-state index contributed by atoms with van der Waals surface area (Å²) in [6, 6.07) is 0. The summed E-state index contributed by atoms with van der Waals surface area (Å²) in [5.74, 6) is 1.57. The van der Waals surface area contributed by atoms with Crippen LogP contribution < -0.4 is 5.73 Å². The molecule has 0 aromatic rings. The monoisotopic (exact) mass is 186 g/mol. The predicted molar refractivity (Wildman–Crippen MR) is 54.4 cm³/mol. The Hall–Kier alpha value is -0.120. The van der Waals surface area contributed by atoms with Gasteiger partial charge in [-0.1, -0.05) is 13.8 Å². The van der Waals surface area contributed by atoms with Crippen molar-refractivity contribution >= 4 is 0 Å². The van der Waals surface area contributed by atoms with Crippen molar-refractivity contribution < 1.29 is 5.11 Å². The third kappa shape index (κ3) is 3.25. The van der Waals surface area contributed by atoms with E-state index in [2.05, 4.69) is 18.7 Å². The average molecular weight is 186 g/mol. The first-order chi connectivity index (χ1) is 6.13. The van der Waals surface area contributed by atoms with Crippen LogP contribution in [-0.2, 0) is 0 Å². The van der Waals surface area contributed by atoms with Gasteiger partial charge in [0.25, 0.3) is 0 Å². The quantitative estimate of drug-likeness (QED) is 0.663. The third-order valence-corrected chi connectivity index (χ3v) is 2.99. The van der Waals surface area contributed by atoms with Gasteiger partial charge in [0.1, 0.15) is 0 Å². The molecule has 0 spiro atoms. The van der Waals surface area contributed by atoms with Crippen molar-refractivity contribution in [3.63, 3.8) is 0 Å². The zero-order valence-corrected chi connectivity index (χ0v) is 8.74. The molecule has 0 bridgehead atoms. The molecule has 1 saturated heterocycles. The zero-order valence-electron chi connectivity index (χ0n) is 8.74. The fraction of sp³-hybridized carbons (Fsp3) is 1.00. The molecule has 78 valence electrons. The molecule has 3 heteroatoms. The molecule has 0 amide bonds. The van der Waals surface area contributed by atoms with Crippen molar-refractivity contribution in [2.24, 2.45) is 17.6 Å². The van der Waals surface area contributed by atoms with Gasteiger partial charge in [0.05, 0.1) is 6.10 Å². The van der Waals surface area contributed by atoms with Crippen LogP contribution in [-0.4, -0.2) is 42.3 Å². The second-order valence-corrected chi connectivity index (χ2v) is 4.44. The van der Waals surface area contributed by atoms with Crippen LogP contribution >= 0.6 is 0 Å². The summed E-state index contributed by atoms with van der Waals surface area (Å²) in [4.78, 5) is 2.32. The molecule has 2 unspecified atom stereocenters. The number of β-amino-alcohol motifs (C(OH)–C–C–N with tert-alkyl or cyclic N) is 1. The Labute approximate surface area is 80.9 Å². The van der Waals surface area contributed by atoms with Crippen LogP contribution in [0.15, 0.2) is 0 Å². The van der Waals surface area contributed by atoms with E-state index in [0.717, 1.165) is 31.5 Å². The first kappa shape index (κ1) is 11.0. The maximum atomic E-state index is 9.38. The highest BCUT2D eigenvalue weighted by molar-refractivity contribution is 4.79. The molecule has 13 heavy (non-hydrogen) atoms. The molecule has 1 aliphatic rings. The van der Waals surface area contributed by atoms with Crippen molar-refractivity contribution in [2.75, 3.05) is 26.2 Å². The van der Waals surface area contributed by atoms with Gasteiger partial charge in [0, 0.05) is 19.6 Å². The van der Waals surface area contributed by atoms with E-state index in [1.54, 1.807) is 0 Å². The Morgan fingerprint density at radius 3 is 2.69 bits per heavy atom. The fourth-order valence-corrected chi connectivity index (χ4v) is 1.95. The van der Waals surface area contributed by atoms with Gasteiger partial charge in [0.2, 0.25) is 0 Å². The van der Waals surface area contributed by atoms with Crippen LogP contribution in [0.25, 0.3) is 0 Å². The van der Waals surface area contributed by atoms with Gasteiger partial charge in [-0.05, 0) is 24.8 Å². The summed E-state index contributed by atoms with van der Waals surface area (Å²) < 4.78 is 0. The van der Waals surface area contributed by atoms with Crippen LogP contribution in [0.3, 0.4) is 0 Å². The highest BCUT2D eigenvalue weighted by atomic mass is 16.3. The predicted octanol–water partition coefficient (Wildman–Crippen LogP) is 0.284. The molecule has 0 aliphatic carbocycles. The molecule has 2 atom stereocenters. The van der Waals surface area contributed by atoms with Crippen LogP contribution in [0.5, 0.6) is 0 Å². The summed E-state index contributed by atoms with van der Waals surface area (Å²) >= 11 is 0. The van der Waals surface area contributed by atoms with Crippen molar-refractivity contribution in [1.29, 1.82) is 0 Å². The van der Waals surface area contributed by atoms with Crippen LogP contribution in [0.1, 0.15) is 20.3 Å². The van der Waals surface area contributed by atoms with E-state index >= 15 is 0 Å². The summed E-state index contributed by atoms with van der Waals surface area (Å²) in [7, 11) is 0. The molecule has 0 aromatic heterocycles. The Morgan fingerprint density at radius 1 is 1.54 bits per heavy atom. The number of nitrogens with zero attached hydrogens (tertiary/aromatic N) is 1. The molecule has 0 aromatic carbocycles. The van der Waals surface area contributed by atoms with Crippen LogP contribution in [0.4, 0.5) is 0 Å². The van der Waals surface area contributed by atoms with Gasteiger partial charge in [-0.25, -0.2) is 0 Å². The SMILES string of the molecule is CC(C)C1CCN(CC(O)CN)C1. The summed E-state index contributed by atoms with van der Waals surface area (Å²) in [6.45, 7) is 7.93. The molecule has 3 N–H and O–H groups in total. The van der Waals surface area contributed by atoms with Gasteiger partial charge in [-0.3, -0.25) is 0 Å². The minimum absolute atomic E-state index is 0.342. The van der Waals surface area contributed by atoms with E-state index in [4.69, 9.17) is 5.73 Å². The zero-order chi connectivity index (χ0) is 9.84. The van der Waals surface area contributed by atoms with Crippen molar-refractivity contribution in [3.8, 4) is 0 Å². The maximum Gasteiger partial charge on any atom is 0.0789 e. The first-order valence-electron chi connectivity index (χ1n) is 5.24. The van der Waals surface area contributed by atoms with Crippen molar-refractivity contribution in [3.05, 3.63) is 0 Å². The molecule has 0 radical (unpaired) electrons. The standard InChI is InChI=1S/C10H22N2O/c1-8(2)9-3-4-12(6-9)7-10(13)5-11/h8-10,13H,3-7,11H2,1-2H3. The van der Waals surface area contributed by atoms with E-state index in [1.165, 1.54) is 6.42 Å². The number of hydrogen-bond acceptors (Lipinski definition) is 3. The smallest absolute Gasteiger partial charge is 0.0789 e. The second-order valence-electron chi connectivity index (χ2n) is 4.44. The summed E-state index contributed by atoms with van der Waals surface area (Å²) in [5.41, 5.74) is 5.37. The van der Waals surface area contributed by atoms with E-state index in [-0.39, 0.29) is 6.10 Å². The lowest BCUT2D eigenvalue weighted by atomic mass is 9.95. The molecule has 1 fully saturated rings. The molecular weight excluding hydrogens is 164 g/mol. The Bertz CT molecular complexity index is 150. The van der Waals surface area contributed by atoms with Crippen LogP contribution in [0.2, 0.25) is 0 Å². The van der Waals surface area contributed by atoms with Gasteiger partial charge in [0.15, 0.2) is 0 Å². The third-order valence-electron chi connectivity index (χ3n) is 2.99. The Morgan fingerprint density at radius 2 is 2.23 bits per heavy atom. The van der Waals surface area contributed by atoms with Crippen LogP contribution in [0, 0.1) is 11.8 Å². The lowest BCUT2D eigenvalue weighted by Crippen LogP contribution is -2.35. The maximum absolute atomic E-state index is 9.38. The van der Waals surface area contributed by atoms with Gasteiger partial charge in [-0.2, -0.15) is 0 Å². The van der Waals surface area contributed by atoms with Gasteiger partial charge < -0.3 is 15.7 Å². The normalized spacial score (nSPS) is 27.0. The highest BCUT2D eigenvalue weighted by Gasteiger charge is 2.25. The molecular formula is C10H22N2O. The lowest BCUT2D eigenvalue weighted by molar-refractivity contribution is 0.128. The second kappa shape index (κ2) is 4.94. The molecule has 1 aliphatic heterocycles. The van der Waals surface area contributed by atoms with Crippen molar-refractivity contribution in [2.45, 2.75) is 26.4 Å². The van der Waals surface area contributed by atoms with Gasteiger partial charge in [-0.15, -0.1) is 0 Å². The number of rotatable bonds is 4. The first-order valence-corrected chi connectivity index (χ1v) is 5.24. The minimum Gasteiger partial charge on any atom is -0.390 e. The van der Waals surface area contributed by atoms with E-state index in [1.807, 2.05) is 0 Å². The number of aliphatic hydroxyl groups excluding tert-OH is 1. The highest BCUT2D eigenvalue weighted by Crippen LogP contribution is 2.23. The number of likely N-dealkylation sites (tertiary alicyclic amines) is 1. The van der Waals surface area contributed by atoms with E-state index in [9.17, 15) is 5.11 Å². The molecule has 3 nitrogen and oxygen atoms in total. The summed E-state index contributed by atoms with van der Waals surface area (Å²) in [5, 5.41) is 9.38. The average Bonchev–Trinajstić information content (AvgIpc) is 2.52. The lowest BCUT2D eigenvalue weighted by Gasteiger charge is -2.20. The largest absolute Gasteiger partial charge is 0.390 e. The number of hydrogen-bond donors (Lipinski definition) is 2. The topological polar surface area (TPSA) is 49.5 Å². The molecule has 1 rings (SSSR count). The van der Waals surface area contributed by atoms with Gasteiger partial charge >= 0.3 is 0 Å². The molecule has 0 saturated carbocycles. The fourth-order valence-electron chi connectivity index (χ4n) is 1.95. The Balaban J connectivity index is 2.25. The van der Waals surface area contributed by atoms with E-state index in [0.29, 0.717) is 6.54 Å². The van der Waals surface area contributed by atoms with Crippen molar-refractivity contribution in [1.82, 2.24) is 4.90 Å². The Kier molecular flexibility index (Phi) is 4.16. The molecule has 1 heterocycles. The number of nitrogens with two attached hydrogens (primary N) is 1.